The van der Waals surface area contributed by atoms with E-state index in [0.29, 0.717) is 0 Å². The number of nitrogens with zero attached hydrogens (tertiary/aromatic N) is 1. The van der Waals surface area contributed by atoms with Gasteiger partial charge in [-0.3, -0.25) is 4.79 Å². The molecule has 0 aromatic rings. The van der Waals surface area contributed by atoms with E-state index in [1.54, 1.807) is 0 Å². The van der Waals surface area contributed by atoms with Gasteiger partial charge in [0.25, 0.3) is 0 Å². The maximum atomic E-state index is 12.2. The van der Waals surface area contributed by atoms with Crippen LogP contribution in [0.15, 0.2) is 0 Å². The molecule has 1 saturated carbocycles. The molecule has 2 rings (SSSR count). The van der Waals surface area contributed by atoms with Crippen LogP contribution in [0.3, 0.4) is 0 Å². The summed E-state index contributed by atoms with van der Waals surface area (Å²) in [7, 11) is 0. The lowest BCUT2D eigenvalue weighted by Crippen LogP contribution is -2.42. The van der Waals surface area contributed by atoms with Gasteiger partial charge in [-0.1, -0.05) is 0 Å². The van der Waals surface area contributed by atoms with E-state index < -0.39 is 0 Å². The lowest BCUT2D eigenvalue weighted by molar-refractivity contribution is -0.136. The van der Waals surface area contributed by atoms with Gasteiger partial charge in [-0.05, 0) is 32.6 Å². The van der Waals surface area contributed by atoms with Crippen molar-refractivity contribution >= 4 is 18.3 Å². The molecular formula is C11H22ClN3O. The first kappa shape index (κ1) is 13.7. The van der Waals surface area contributed by atoms with Crippen LogP contribution in [-0.2, 0) is 4.79 Å². The number of nitrogens with two attached hydrogens (primary N) is 2. The van der Waals surface area contributed by atoms with Gasteiger partial charge >= 0.3 is 0 Å². The number of carbonyl (C=O) groups is 1. The van der Waals surface area contributed by atoms with Gasteiger partial charge in [0.15, 0.2) is 0 Å². The third kappa shape index (κ3) is 2.50. The molecule has 0 radical (unpaired) electrons. The summed E-state index contributed by atoms with van der Waals surface area (Å²) in [6.45, 7) is 2.87. The van der Waals surface area contributed by atoms with Crippen LogP contribution in [0, 0.1) is 5.92 Å². The normalized spacial score (nSPS) is 38.6. The van der Waals surface area contributed by atoms with Crippen LogP contribution in [-0.4, -0.2) is 35.5 Å². The summed E-state index contributed by atoms with van der Waals surface area (Å²) < 4.78 is 0. The molecule has 4 atom stereocenters. The van der Waals surface area contributed by atoms with E-state index in [9.17, 15) is 4.79 Å². The van der Waals surface area contributed by atoms with Gasteiger partial charge in [0.2, 0.25) is 5.91 Å². The van der Waals surface area contributed by atoms with E-state index in [1.807, 2.05) is 11.8 Å². The largest absolute Gasteiger partial charge is 0.338 e. The zero-order valence-corrected chi connectivity index (χ0v) is 10.6. The van der Waals surface area contributed by atoms with Crippen LogP contribution in [0.1, 0.15) is 32.6 Å². The molecule has 16 heavy (non-hydrogen) atoms. The summed E-state index contributed by atoms with van der Waals surface area (Å²) >= 11 is 0. The van der Waals surface area contributed by atoms with Crippen LogP contribution in [0.4, 0.5) is 0 Å². The second-order valence-corrected chi connectivity index (χ2v) is 4.99. The molecular weight excluding hydrogens is 226 g/mol. The molecule has 1 amide bonds. The Morgan fingerprint density at radius 1 is 1.25 bits per heavy atom. The van der Waals surface area contributed by atoms with Crippen molar-refractivity contribution in [3.8, 4) is 0 Å². The Labute approximate surface area is 103 Å². The highest BCUT2D eigenvalue weighted by molar-refractivity contribution is 5.85. The smallest absolute Gasteiger partial charge is 0.226 e. The van der Waals surface area contributed by atoms with Gasteiger partial charge in [0.1, 0.15) is 0 Å². The molecule has 4 N–H and O–H groups in total. The minimum absolute atomic E-state index is 0. The molecule has 1 aliphatic heterocycles. The van der Waals surface area contributed by atoms with Gasteiger partial charge < -0.3 is 16.4 Å². The van der Waals surface area contributed by atoms with E-state index in [1.165, 1.54) is 0 Å². The second kappa shape index (κ2) is 5.34. The summed E-state index contributed by atoms with van der Waals surface area (Å²) in [5.74, 6) is 0.441. The van der Waals surface area contributed by atoms with E-state index in [0.717, 1.165) is 32.2 Å². The predicted octanol–water partition coefficient (Wildman–Crippen LogP) is 0.484. The average molecular weight is 248 g/mol. The lowest BCUT2D eigenvalue weighted by Gasteiger charge is -2.26. The molecule has 94 valence electrons. The van der Waals surface area contributed by atoms with Crippen molar-refractivity contribution < 1.29 is 4.79 Å². The summed E-state index contributed by atoms with van der Waals surface area (Å²) in [5, 5.41) is 0. The maximum Gasteiger partial charge on any atom is 0.226 e. The minimum Gasteiger partial charge on any atom is -0.338 e. The summed E-state index contributed by atoms with van der Waals surface area (Å²) in [5.41, 5.74) is 11.7. The second-order valence-electron chi connectivity index (χ2n) is 4.99. The predicted molar refractivity (Wildman–Crippen MR) is 66.3 cm³/mol. The fraction of sp³-hybridized carbons (Fsp3) is 0.909. The molecule has 1 aliphatic carbocycles. The van der Waals surface area contributed by atoms with Crippen LogP contribution in [0.25, 0.3) is 0 Å². The number of likely N-dealkylation sites (tertiary alicyclic amines) is 1. The number of carbonyl (C=O) groups excluding carboxylic acids is 1. The third-order valence-corrected chi connectivity index (χ3v) is 3.92. The Morgan fingerprint density at radius 3 is 2.38 bits per heavy atom. The highest BCUT2D eigenvalue weighted by Gasteiger charge is 2.37. The van der Waals surface area contributed by atoms with Gasteiger partial charge in [0.05, 0.1) is 0 Å². The number of hydrogen-bond donors (Lipinski definition) is 2. The Balaban J connectivity index is 0.00000128. The first-order valence-electron chi connectivity index (χ1n) is 5.91. The standard InChI is InChI=1S/C11H21N3O.ClH/c1-7-10(13)4-5-14(7)11(15)8-2-3-9(12)6-8;/h7-10H,2-6,12-13H2,1H3;1H. The molecule has 2 fully saturated rings. The molecule has 1 saturated heterocycles. The molecule has 1 heterocycles. The summed E-state index contributed by atoms with van der Waals surface area (Å²) in [4.78, 5) is 14.1. The Bertz CT molecular complexity index is 262. The molecule has 5 heteroatoms. The van der Waals surface area contributed by atoms with Crippen molar-refractivity contribution in [1.82, 2.24) is 4.90 Å². The third-order valence-electron chi connectivity index (χ3n) is 3.92. The Morgan fingerprint density at radius 2 is 1.94 bits per heavy atom. The van der Waals surface area contributed by atoms with Crippen molar-refractivity contribution in [1.29, 1.82) is 0 Å². The highest BCUT2D eigenvalue weighted by Crippen LogP contribution is 2.28. The minimum atomic E-state index is 0. The van der Waals surface area contributed by atoms with Crippen molar-refractivity contribution in [2.24, 2.45) is 17.4 Å². The number of rotatable bonds is 1. The molecule has 0 bridgehead atoms. The van der Waals surface area contributed by atoms with Crippen molar-refractivity contribution in [2.75, 3.05) is 6.54 Å². The zero-order chi connectivity index (χ0) is 11.0. The fourth-order valence-corrected chi connectivity index (χ4v) is 2.75. The van der Waals surface area contributed by atoms with E-state index in [2.05, 4.69) is 0 Å². The number of halogens is 1. The average Bonchev–Trinajstić information content (AvgIpc) is 2.75. The molecule has 0 spiro atoms. The van der Waals surface area contributed by atoms with Gasteiger partial charge in [0, 0.05) is 30.6 Å². The molecule has 4 nitrogen and oxygen atoms in total. The highest BCUT2D eigenvalue weighted by atomic mass is 35.5. The first-order valence-corrected chi connectivity index (χ1v) is 5.91. The zero-order valence-electron chi connectivity index (χ0n) is 9.76. The van der Waals surface area contributed by atoms with Gasteiger partial charge in [-0.15, -0.1) is 12.4 Å². The lowest BCUT2D eigenvalue weighted by atomic mass is 10.1. The Hall–Kier alpha value is -0.320. The van der Waals surface area contributed by atoms with E-state index in [4.69, 9.17) is 11.5 Å². The molecule has 0 aromatic heterocycles. The SMILES string of the molecule is CC1C(N)CCN1C(=O)C1CCC(N)C1.Cl. The van der Waals surface area contributed by atoms with Crippen LogP contribution in [0.2, 0.25) is 0 Å². The summed E-state index contributed by atoms with van der Waals surface area (Å²) in [6.07, 6.45) is 3.74. The quantitative estimate of drug-likeness (QED) is 0.708. The summed E-state index contributed by atoms with van der Waals surface area (Å²) in [6, 6.07) is 0.587. The van der Waals surface area contributed by atoms with Gasteiger partial charge in [-0.25, -0.2) is 0 Å². The van der Waals surface area contributed by atoms with Gasteiger partial charge in [-0.2, -0.15) is 0 Å². The van der Waals surface area contributed by atoms with Crippen molar-refractivity contribution in [3.63, 3.8) is 0 Å². The van der Waals surface area contributed by atoms with Crippen LogP contribution in [0.5, 0.6) is 0 Å². The number of amides is 1. The topological polar surface area (TPSA) is 72.3 Å². The monoisotopic (exact) mass is 247 g/mol. The molecule has 0 aromatic carbocycles. The molecule has 2 aliphatic rings. The maximum absolute atomic E-state index is 12.2. The van der Waals surface area contributed by atoms with Crippen LogP contribution >= 0.6 is 12.4 Å². The fourth-order valence-electron chi connectivity index (χ4n) is 2.75. The van der Waals surface area contributed by atoms with E-state index in [-0.39, 0.29) is 42.4 Å². The first-order chi connectivity index (χ1) is 7.09. The van der Waals surface area contributed by atoms with Crippen molar-refractivity contribution in [2.45, 2.75) is 50.7 Å². The van der Waals surface area contributed by atoms with Crippen LogP contribution < -0.4 is 11.5 Å². The van der Waals surface area contributed by atoms with E-state index >= 15 is 0 Å². The molecule has 4 unspecified atom stereocenters. The number of hydrogen-bond acceptors (Lipinski definition) is 3. The van der Waals surface area contributed by atoms with Crippen molar-refractivity contribution in [3.05, 3.63) is 0 Å². The Kier molecular flexibility index (Phi) is 4.59.